The smallest absolute Gasteiger partial charge is 0.322 e. The second-order valence-electron chi connectivity index (χ2n) is 8.70. The van der Waals surface area contributed by atoms with Crippen LogP contribution in [0.4, 0.5) is 4.79 Å². The number of aryl methyl sites for hydroxylation is 3. The van der Waals surface area contributed by atoms with Gasteiger partial charge in [0.1, 0.15) is 0 Å². The first kappa shape index (κ1) is 23.7. The van der Waals surface area contributed by atoms with Crippen molar-refractivity contribution in [2.75, 3.05) is 20.3 Å². The van der Waals surface area contributed by atoms with Crippen LogP contribution in [0, 0.1) is 13.8 Å². The van der Waals surface area contributed by atoms with Gasteiger partial charge in [-0.2, -0.15) is 4.98 Å². The molecule has 2 amide bonds. The van der Waals surface area contributed by atoms with Crippen molar-refractivity contribution < 1.29 is 14.1 Å². The van der Waals surface area contributed by atoms with Gasteiger partial charge in [-0.3, -0.25) is 4.90 Å². The molecule has 2 heterocycles. The average molecular weight is 461 g/mol. The van der Waals surface area contributed by atoms with Gasteiger partial charge >= 0.3 is 6.03 Å². The minimum Gasteiger partial charge on any atom is -0.385 e. The summed E-state index contributed by atoms with van der Waals surface area (Å²) in [5.41, 5.74) is 7.10. The van der Waals surface area contributed by atoms with Crippen LogP contribution >= 0.6 is 0 Å². The van der Waals surface area contributed by atoms with E-state index >= 15 is 0 Å². The standard InChI is InChI=1S/C27H32N4O3/c1-6-20-9-12-21(13-10-20)25-29-26(34-30-25)23-19(4)31(14-7-15-33-5)27(32)28-24(23)22-11-8-17(2)18(3)16-22/h8-13,16,24H,6-7,14-15H2,1-5H3,(H,28,32). The number of nitrogens with zero attached hydrogens (tertiary/aromatic N) is 3. The summed E-state index contributed by atoms with van der Waals surface area (Å²) in [6.45, 7) is 9.32. The van der Waals surface area contributed by atoms with Crippen LogP contribution in [-0.2, 0) is 11.2 Å². The molecule has 34 heavy (non-hydrogen) atoms. The highest BCUT2D eigenvalue weighted by Gasteiger charge is 2.35. The van der Waals surface area contributed by atoms with Gasteiger partial charge in [0, 0.05) is 31.5 Å². The molecule has 3 aromatic rings. The molecule has 0 saturated carbocycles. The fraction of sp³-hybridized carbons (Fsp3) is 0.370. The molecule has 0 fully saturated rings. The lowest BCUT2D eigenvalue weighted by Gasteiger charge is -2.35. The fourth-order valence-electron chi connectivity index (χ4n) is 4.23. The Morgan fingerprint density at radius 3 is 2.53 bits per heavy atom. The van der Waals surface area contributed by atoms with E-state index in [9.17, 15) is 4.79 Å². The first-order chi connectivity index (χ1) is 16.4. The second-order valence-corrected chi connectivity index (χ2v) is 8.70. The van der Waals surface area contributed by atoms with E-state index in [1.165, 1.54) is 11.1 Å². The quantitative estimate of drug-likeness (QED) is 0.452. The van der Waals surface area contributed by atoms with Crippen LogP contribution in [0.3, 0.4) is 0 Å². The van der Waals surface area contributed by atoms with Crippen LogP contribution in [0.2, 0.25) is 0 Å². The van der Waals surface area contributed by atoms with Gasteiger partial charge in [-0.25, -0.2) is 4.79 Å². The summed E-state index contributed by atoms with van der Waals surface area (Å²) in [7, 11) is 1.66. The van der Waals surface area contributed by atoms with Gasteiger partial charge in [0.15, 0.2) is 0 Å². The van der Waals surface area contributed by atoms with Crippen LogP contribution in [-0.4, -0.2) is 41.3 Å². The second kappa shape index (κ2) is 10.2. The van der Waals surface area contributed by atoms with E-state index in [0.29, 0.717) is 24.9 Å². The minimum atomic E-state index is -0.388. The molecule has 0 bridgehead atoms. The number of amides is 2. The molecular formula is C27H32N4O3. The zero-order valence-corrected chi connectivity index (χ0v) is 20.5. The molecule has 178 valence electrons. The maximum atomic E-state index is 13.1. The van der Waals surface area contributed by atoms with E-state index in [0.717, 1.165) is 40.8 Å². The van der Waals surface area contributed by atoms with E-state index in [1.807, 2.05) is 25.1 Å². The number of nitrogens with one attached hydrogen (secondary N) is 1. The van der Waals surface area contributed by atoms with Gasteiger partial charge in [-0.15, -0.1) is 0 Å². The van der Waals surface area contributed by atoms with Crippen LogP contribution < -0.4 is 5.32 Å². The lowest BCUT2D eigenvalue weighted by atomic mass is 9.92. The Hall–Kier alpha value is -3.45. The van der Waals surface area contributed by atoms with E-state index in [-0.39, 0.29) is 12.1 Å². The first-order valence-electron chi connectivity index (χ1n) is 11.7. The van der Waals surface area contributed by atoms with Crippen molar-refractivity contribution in [3.8, 4) is 11.4 Å². The largest absolute Gasteiger partial charge is 0.385 e. The molecule has 1 atom stereocenters. The van der Waals surface area contributed by atoms with Gasteiger partial charge < -0.3 is 14.6 Å². The van der Waals surface area contributed by atoms with Gasteiger partial charge in [0.2, 0.25) is 5.82 Å². The Labute approximate surface area is 200 Å². The molecule has 7 heteroatoms. The summed E-state index contributed by atoms with van der Waals surface area (Å²) in [6, 6.07) is 13.9. The van der Waals surface area contributed by atoms with Crippen molar-refractivity contribution >= 4 is 11.6 Å². The van der Waals surface area contributed by atoms with Crippen LogP contribution in [0.25, 0.3) is 17.0 Å². The Balaban J connectivity index is 1.76. The number of hydrogen-bond acceptors (Lipinski definition) is 5. The van der Waals surface area contributed by atoms with Crippen molar-refractivity contribution in [2.45, 2.75) is 46.6 Å². The maximum absolute atomic E-state index is 13.1. The topological polar surface area (TPSA) is 80.5 Å². The van der Waals surface area contributed by atoms with E-state index in [1.54, 1.807) is 12.0 Å². The SMILES string of the molecule is CCc1ccc(-c2noc(C3=C(C)N(CCCOC)C(=O)NC3c3ccc(C)c(C)c3)n2)cc1. The molecule has 4 rings (SSSR count). The van der Waals surface area contributed by atoms with Crippen molar-refractivity contribution in [1.82, 2.24) is 20.4 Å². The highest BCUT2D eigenvalue weighted by molar-refractivity contribution is 5.87. The van der Waals surface area contributed by atoms with Crippen molar-refractivity contribution in [2.24, 2.45) is 0 Å². The molecule has 1 aliphatic heterocycles. The fourth-order valence-corrected chi connectivity index (χ4v) is 4.23. The predicted molar refractivity (Wildman–Crippen MR) is 132 cm³/mol. The normalized spacial score (nSPS) is 16.2. The zero-order valence-electron chi connectivity index (χ0n) is 20.5. The zero-order chi connectivity index (χ0) is 24.2. The van der Waals surface area contributed by atoms with E-state index in [4.69, 9.17) is 14.2 Å². The summed E-state index contributed by atoms with van der Waals surface area (Å²) >= 11 is 0. The lowest BCUT2D eigenvalue weighted by Crippen LogP contribution is -2.46. The minimum absolute atomic E-state index is 0.143. The number of carbonyl (C=O) groups excluding carboxylic acids is 1. The molecule has 1 aromatic heterocycles. The Kier molecular flexibility index (Phi) is 7.12. The summed E-state index contributed by atoms with van der Waals surface area (Å²) in [6.07, 6.45) is 1.70. The van der Waals surface area contributed by atoms with Crippen LogP contribution in [0.1, 0.15) is 54.5 Å². The highest BCUT2D eigenvalue weighted by atomic mass is 16.5. The number of carbonyl (C=O) groups is 1. The molecular weight excluding hydrogens is 428 g/mol. The summed E-state index contributed by atoms with van der Waals surface area (Å²) in [4.78, 5) is 19.5. The molecule has 1 N–H and O–H groups in total. The number of benzene rings is 2. The van der Waals surface area contributed by atoms with E-state index < -0.39 is 0 Å². The maximum Gasteiger partial charge on any atom is 0.322 e. The molecule has 0 radical (unpaired) electrons. The third kappa shape index (κ3) is 4.75. The van der Waals surface area contributed by atoms with Crippen molar-refractivity contribution in [1.29, 1.82) is 0 Å². The molecule has 0 aliphatic carbocycles. The number of rotatable bonds is 8. The Morgan fingerprint density at radius 2 is 1.85 bits per heavy atom. The Morgan fingerprint density at radius 1 is 1.09 bits per heavy atom. The number of ether oxygens (including phenoxy) is 1. The average Bonchev–Trinajstić information content (AvgIpc) is 3.32. The van der Waals surface area contributed by atoms with Crippen LogP contribution in [0.5, 0.6) is 0 Å². The van der Waals surface area contributed by atoms with E-state index in [2.05, 4.69) is 55.5 Å². The van der Waals surface area contributed by atoms with Gasteiger partial charge in [-0.05, 0) is 55.9 Å². The highest BCUT2D eigenvalue weighted by Crippen LogP contribution is 2.37. The van der Waals surface area contributed by atoms with Crippen molar-refractivity contribution in [3.63, 3.8) is 0 Å². The van der Waals surface area contributed by atoms with Crippen LogP contribution in [0.15, 0.2) is 52.7 Å². The molecule has 1 aliphatic rings. The van der Waals surface area contributed by atoms with Crippen molar-refractivity contribution in [3.05, 3.63) is 76.3 Å². The monoisotopic (exact) mass is 460 g/mol. The molecule has 0 spiro atoms. The molecule has 1 unspecified atom stereocenters. The van der Waals surface area contributed by atoms with Gasteiger partial charge in [0.25, 0.3) is 5.89 Å². The number of hydrogen-bond donors (Lipinski definition) is 1. The van der Waals surface area contributed by atoms with Gasteiger partial charge in [0.05, 0.1) is 11.6 Å². The number of aromatic nitrogens is 2. The summed E-state index contributed by atoms with van der Waals surface area (Å²) in [5, 5.41) is 7.42. The first-order valence-corrected chi connectivity index (χ1v) is 11.7. The number of urea groups is 1. The summed E-state index contributed by atoms with van der Waals surface area (Å²) < 4.78 is 11.0. The number of allylic oxidation sites excluding steroid dienone is 1. The molecule has 0 saturated heterocycles. The predicted octanol–water partition coefficient (Wildman–Crippen LogP) is 5.45. The third-order valence-electron chi connectivity index (χ3n) is 6.47. The summed E-state index contributed by atoms with van der Waals surface area (Å²) in [5.74, 6) is 0.937. The Bertz CT molecular complexity index is 1200. The number of methoxy groups -OCH3 is 1. The molecule has 2 aromatic carbocycles. The lowest BCUT2D eigenvalue weighted by molar-refractivity contribution is 0.174. The van der Waals surface area contributed by atoms with Gasteiger partial charge in [-0.1, -0.05) is 54.5 Å². The third-order valence-corrected chi connectivity index (χ3v) is 6.47. The molecule has 7 nitrogen and oxygen atoms in total.